The third kappa shape index (κ3) is 3.47. The van der Waals surface area contributed by atoms with Crippen molar-refractivity contribution >= 4 is 22.9 Å². The standard InChI is InChI=1S/C19H21FN4O/c1-4-23(5-2)15-7-8-16(13(3)10-15)22-19(25)17-12-24-11-14(20)6-9-18(24)21-17/h6-12H,4-5H2,1-3H3,(H,22,25). The Morgan fingerprint density at radius 2 is 1.96 bits per heavy atom. The Morgan fingerprint density at radius 3 is 2.64 bits per heavy atom. The molecule has 3 aromatic rings. The number of nitrogens with zero attached hydrogens (tertiary/aromatic N) is 3. The number of imidazole rings is 1. The normalized spacial score (nSPS) is 10.9. The van der Waals surface area contributed by atoms with Crippen molar-refractivity contribution in [1.29, 1.82) is 0 Å². The van der Waals surface area contributed by atoms with Gasteiger partial charge in [0.05, 0.1) is 0 Å². The van der Waals surface area contributed by atoms with Crippen molar-refractivity contribution in [2.45, 2.75) is 20.8 Å². The molecule has 0 saturated carbocycles. The van der Waals surface area contributed by atoms with Gasteiger partial charge in [-0.3, -0.25) is 4.79 Å². The van der Waals surface area contributed by atoms with Crippen LogP contribution in [0.2, 0.25) is 0 Å². The van der Waals surface area contributed by atoms with Gasteiger partial charge in [0.15, 0.2) is 0 Å². The second-order valence-corrected chi connectivity index (χ2v) is 5.86. The van der Waals surface area contributed by atoms with Crippen molar-refractivity contribution in [3.8, 4) is 0 Å². The van der Waals surface area contributed by atoms with Crippen LogP contribution in [0.4, 0.5) is 15.8 Å². The van der Waals surface area contributed by atoms with E-state index in [1.54, 1.807) is 0 Å². The summed E-state index contributed by atoms with van der Waals surface area (Å²) in [5, 5.41) is 2.88. The minimum atomic E-state index is -0.375. The number of pyridine rings is 1. The Balaban J connectivity index is 1.82. The van der Waals surface area contributed by atoms with Crippen molar-refractivity contribution in [2.75, 3.05) is 23.3 Å². The first-order valence-electron chi connectivity index (χ1n) is 8.33. The number of anilines is 2. The van der Waals surface area contributed by atoms with Crippen molar-refractivity contribution in [3.05, 3.63) is 59.8 Å². The molecule has 0 fully saturated rings. The highest BCUT2D eigenvalue weighted by Crippen LogP contribution is 2.23. The van der Waals surface area contributed by atoms with Gasteiger partial charge in [-0.1, -0.05) is 0 Å². The minimum Gasteiger partial charge on any atom is -0.372 e. The average Bonchev–Trinajstić information content (AvgIpc) is 3.01. The van der Waals surface area contributed by atoms with Crippen molar-refractivity contribution in [1.82, 2.24) is 9.38 Å². The van der Waals surface area contributed by atoms with E-state index in [4.69, 9.17) is 0 Å². The summed E-state index contributed by atoms with van der Waals surface area (Å²) in [5.41, 5.74) is 3.62. The van der Waals surface area contributed by atoms with Crippen LogP contribution in [0, 0.1) is 12.7 Å². The van der Waals surface area contributed by atoms with Crippen LogP contribution in [-0.2, 0) is 0 Å². The number of carbonyl (C=O) groups is 1. The molecule has 0 atom stereocenters. The molecule has 6 heteroatoms. The van der Waals surface area contributed by atoms with Crippen LogP contribution < -0.4 is 10.2 Å². The molecule has 25 heavy (non-hydrogen) atoms. The van der Waals surface area contributed by atoms with E-state index in [-0.39, 0.29) is 17.4 Å². The van der Waals surface area contributed by atoms with Crippen LogP contribution >= 0.6 is 0 Å². The van der Waals surface area contributed by atoms with E-state index in [9.17, 15) is 9.18 Å². The second kappa shape index (κ2) is 6.93. The van der Waals surface area contributed by atoms with Gasteiger partial charge in [0.2, 0.25) is 0 Å². The highest BCUT2D eigenvalue weighted by molar-refractivity contribution is 6.03. The van der Waals surface area contributed by atoms with E-state index in [2.05, 4.69) is 35.1 Å². The van der Waals surface area contributed by atoms with Gasteiger partial charge in [-0.05, 0) is 56.7 Å². The van der Waals surface area contributed by atoms with E-state index in [1.165, 1.54) is 28.9 Å². The van der Waals surface area contributed by atoms with E-state index in [1.807, 2.05) is 19.1 Å². The molecule has 0 radical (unpaired) electrons. The smallest absolute Gasteiger partial charge is 0.275 e. The third-order valence-electron chi connectivity index (χ3n) is 4.23. The monoisotopic (exact) mass is 340 g/mol. The number of rotatable bonds is 5. The maximum atomic E-state index is 13.3. The average molecular weight is 340 g/mol. The summed E-state index contributed by atoms with van der Waals surface area (Å²) in [6, 6.07) is 8.81. The van der Waals surface area contributed by atoms with E-state index >= 15 is 0 Å². The van der Waals surface area contributed by atoms with Gasteiger partial charge in [0.25, 0.3) is 5.91 Å². The molecule has 1 N–H and O–H groups in total. The van der Waals surface area contributed by atoms with Gasteiger partial charge in [-0.2, -0.15) is 0 Å². The number of hydrogen-bond donors (Lipinski definition) is 1. The van der Waals surface area contributed by atoms with Gasteiger partial charge < -0.3 is 14.6 Å². The lowest BCUT2D eigenvalue weighted by molar-refractivity contribution is 0.102. The third-order valence-corrected chi connectivity index (χ3v) is 4.23. The van der Waals surface area contributed by atoms with E-state index in [0.29, 0.717) is 5.65 Å². The van der Waals surface area contributed by atoms with Crippen molar-refractivity contribution < 1.29 is 9.18 Å². The fourth-order valence-electron chi connectivity index (χ4n) is 2.83. The molecule has 0 spiro atoms. The van der Waals surface area contributed by atoms with Gasteiger partial charge >= 0.3 is 0 Å². The Labute approximate surface area is 146 Å². The Morgan fingerprint density at radius 1 is 1.20 bits per heavy atom. The van der Waals surface area contributed by atoms with Crippen LogP contribution in [0.15, 0.2) is 42.7 Å². The number of amides is 1. The number of halogens is 1. The second-order valence-electron chi connectivity index (χ2n) is 5.86. The minimum absolute atomic E-state index is 0.248. The molecule has 0 aliphatic rings. The first-order valence-corrected chi connectivity index (χ1v) is 8.33. The molecule has 1 aromatic carbocycles. The zero-order valence-corrected chi connectivity index (χ0v) is 14.6. The summed E-state index contributed by atoms with van der Waals surface area (Å²) in [4.78, 5) is 18.9. The summed E-state index contributed by atoms with van der Waals surface area (Å²) in [6.07, 6.45) is 2.82. The summed E-state index contributed by atoms with van der Waals surface area (Å²) in [5.74, 6) is -0.692. The molecule has 0 unspecified atom stereocenters. The molecule has 3 rings (SSSR count). The molecule has 1 amide bonds. The molecule has 130 valence electrons. The van der Waals surface area contributed by atoms with Crippen molar-refractivity contribution in [2.24, 2.45) is 0 Å². The summed E-state index contributed by atoms with van der Waals surface area (Å²) in [6.45, 7) is 8.04. The number of nitrogens with one attached hydrogen (secondary N) is 1. The molecule has 0 bridgehead atoms. The largest absolute Gasteiger partial charge is 0.372 e. The topological polar surface area (TPSA) is 49.6 Å². The fraction of sp³-hybridized carbons (Fsp3) is 0.263. The van der Waals surface area contributed by atoms with Gasteiger partial charge in [-0.25, -0.2) is 9.37 Å². The number of aromatic nitrogens is 2. The van der Waals surface area contributed by atoms with Crippen LogP contribution in [0.5, 0.6) is 0 Å². The first kappa shape index (κ1) is 17.0. The molecular weight excluding hydrogens is 319 g/mol. The zero-order valence-electron chi connectivity index (χ0n) is 14.6. The highest BCUT2D eigenvalue weighted by atomic mass is 19.1. The van der Waals surface area contributed by atoms with E-state index in [0.717, 1.165) is 30.0 Å². The lowest BCUT2D eigenvalue weighted by Gasteiger charge is -2.22. The lowest BCUT2D eigenvalue weighted by Crippen LogP contribution is -2.22. The SMILES string of the molecule is CCN(CC)c1ccc(NC(=O)c2cn3cc(F)ccc3n2)c(C)c1. The van der Waals surface area contributed by atoms with Crippen LogP contribution in [-0.4, -0.2) is 28.4 Å². The molecule has 2 heterocycles. The van der Waals surface area contributed by atoms with E-state index < -0.39 is 0 Å². The molecule has 0 aliphatic heterocycles. The van der Waals surface area contributed by atoms with Crippen LogP contribution in [0.1, 0.15) is 29.9 Å². The fourth-order valence-corrected chi connectivity index (χ4v) is 2.83. The van der Waals surface area contributed by atoms with Crippen molar-refractivity contribution in [3.63, 3.8) is 0 Å². The molecule has 0 aliphatic carbocycles. The number of fused-ring (bicyclic) bond motifs is 1. The van der Waals surface area contributed by atoms with Crippen LogP contribution in [0.25, 0.3) is 5.65 Å². The molecule has 5 nitrogen and oxygen atoms in total. The van der Waals surface area contributed by atoms with Gasteiger partial charge in [0, 0.05) is 36.9 Å². The predicted octanol–water partition coefficient (Wildman–Crippen LogP) is 3.88. The maximum absolute atomic E-state index is 13.3. The summed E-state index contributed by atoms with van der Waals surface area (Å²) < 4.78 is 14.8. The first-order chi connectivity index (χ1) is 12.0. The van der Waals surface area contributed by atoms with Crippen LogP contribution in [0.3, 0.4) is 0 Å². The van der Waals surface area contributed by atoms with Gasteiger partial charge in [0.1, 0.15) is 17.2 Å². The molecule has 2 aromatic heterocycles. The predicted molar refractivity (Wildman–Crippen MR) is 97.8 cm³/mol. The lowest BCUT2D eigenvalue weighted by atomic mass is 10.1. The summed E-state index contributed by atoms with van der Waals surface area (Å²) >= 11 is 0. The highest BCUT2D eigenvalue weighted by Gasteiger charge is 2.13. The Hall–Kier alpha value is -2.89. The van der Waals surface area contributed by atoms with Gasteiger partial charge in [-0.15, -0.1) is 0 Å². The quantitative estimate of drug-likeness (QED) is 0.767. The Kier molecular flexibility index (Phi) is 4.70. The number of benzene rings is 1. The zero-order chi connectivity index (χ0) is 18.0. The molecule has 0 saturated heterocycles. The number of carbonyl (C=O) groups excluding carboxylic acids is 1. The maximum Gasteiger partial charge on any atom is 0.275 e. The Bertz CT molecular complexity index is 915. The molecular formula is C19H21FN4O. The number of hydrogen-bond acceptors (Lipinski definition) is 3. The number of aryl methyl sites for hydroxylation is 1. The summed E-state index contributed by atoms with van der Waals surface area (Å²) in [7, 11) is 0.